The molecule has 0 atom stereocenters. The fraction of sp³-hybridized carbons (Fsp3) is 0. The molecule has 0 saturated carbocycles. The summed E-state index contributed by atoms with van der Waals surface area (Å²) in [6.07, 6.45) is 0. The van der Waals surface area contributed by atoms with Gasteiger partial charge >= 0.3 is 69.3 Å². The maximum atomic E-state index is 8.52. The molecule has 0 heterocycles. The normalized spacial score (nSPS) is 8.29. The fourth-order valence-electron chi connectivity index (χ4n) is 0. The van der Waals surface area contributed by atoms with E-state index < -0.39 is 10.4 Å². The van der Waals surface area contributed by atoms with Gasteiger partial charge in [0.05, 0.1) is 0 Å². The van der Waals surface area contributed by atoms with E-state index in [4.69, 9.17) is 17.5 Å². The number of rotatable bonds is 0. The molecule has 7 heteroatoms. The van der Waals surface area contributed by atoms with Crippen molar-refractivity contribution in [1.82, 2.24) is 0 Å². The second kappa shape index (κ2) is 6.23. The van der Waals surface area contributed by atoms with E-state index in [2.05, 4.69) is 0 Å². The summed E-state index contributed by atoms with van der Waals surface area (Å²) < 4.78 is 34.1. The molecule has 0 amide bonds. The Morgan fingerprint density at radius 2 is 1.14 bits per heavy atom. The van der Waals surface area contributed by atoms with Crippen LogP contribution in [-0.4, -0.2) is 66.4 Å². The van der Waals surface area contributed by atoms with E-state index in [-0.39, 0.29) is 69.3 Å². The van der Waals surface area contributed by atoms with Gasteiger partial charge in [-0.3, -0.25) is 8.42 Å². The van der Waals surface area contributed by atoms with Crippen molar-refractivity contribution in [2.45, 2.75) is 0 Å². The van der Waals surface area contributed by atoms with Gasteiger partial charge in [-0.2, -0.15) is 0 Å². The average molecular weight is 342 g/mol. The Bertz CT molecular complexity index is 94.9. The van der Waals surface area contributed by atoms with Crippen molar-refractivity contribution in [2.75, 3.05) is 0 Å². The van der Waals surface area contributed by atoms with E-state index >= 15 is 0 Å². The second-order valence-electron chi connectivity index (χ2n) is 0.408. The van der Waals surface area contributed by atoms with Gasteiger partial charge < -0.3 is 9.11 Å². The van der Waals surface area contributed by atoms with Crippen molar-refractivity contribution in [2.24, 2.45) is 0 Å². The molecular weight excluding hydrogens is 340 g/mol. The van der Waals surface area contributed by atoms with E-state index in [9.17, 15) is 0 Å². The zero-order chi connectivity index (χ0) is 4.50. The Kier molecular flexibility index (Phi) is 14.3. The van der Waals surface area contributed by atoms with Gasteiger partial charge in [0.25, 0.3) is 0 Å². The van der Waals surface area contributed by atoms with Crippen LogP contribution in [0.3, 0.4) is 0 Å². The summed E-state index contributed by atoms with van der Waals surface area (Å²) in [5.74, 6) is 0. The van der Waals surface area contributed by atoms with Crippen LogP contribution in [0.4, 0.5) is 0 Å². The van der Waals surface area contributed by atoms with Crippen LogP contribution in [0.2, 0.25) is 0 Å². The molecule has 0 radical (unpaired) electrons. The third kappa shape index (κ3) is 68.2. The van der Waals surface area contributed by atoms with E-state index in [1.807, 2.05) is 0 Å². The smallest absolute Gasteiger partial charge is 2.00 e. The Balaban J connectivity index is -0.0000000800. The summed E-state index contributed by atoms with van der Waals surface area (Å²) in [7, 11) is -5.17. The molecule has 7 heavy (non-hydrogen) atoms. The summed E-state index contributed by atoms with van der Waals surface area (Å²) >= 11 is 0. The second-order valence-corrected chi connectivity index (χ2v) is 1.22. The van der Waals surface area contributed by atoms with Crippen molar-refractivity contribution in [3.63, 3.8) is 0 Å². The van der Waals surface area contributed by atoms with Gasteiger partial charge in [-0.05, 0) is 0 Å². The Labute approximate surface area is 95.4 Å². The number of hydrogen-bond donors (Lipinski definition) is 0. The minimum absolute atomic E-state index is 0. The molecule has 0 aliphatic rings. The predicted molar refractivity (Wildman–Crippen MR) is 19.0 cm³/mol. The molecule has 0 aliphatic carbocycles. The largest absolute Gasteiger partial charge is 2.00 e. The van der Waals surface area contributed by atoms with E-state index in [1.165, 1.54) is 0 Å². The molecule has 0 aromatic rings. The Morgan fingerprint density at radius 1 is 1.14 bits per heavy atom. The van der Waals surface area contributed by atoms with Crippen LogP contribution in [-0.2, 0) is 30.8 Å². The first kappa shape index (κ1) is 16.0. The summed E-state index contributed by atoms with van der Waals surface area (Å²) in [6, 6.07) is 0. The standard InChI is InChI=1S/Ba.H2O4S.Pd.2H/c;1-5(2,3)4;;;/h;(H2,1,2,3,4);;;/q;;+2;;/p-2. The monoisotopic (exact) mass is 342 g/mol. The van der Waals surface area contributed by atoms with Crippen LogP contribution in [0.5, 0.6) is 0 Å². The van der Waals surface area contributed by atoms with Crippen molar-refractivity contribution < 1.29 is 37.9 Å². The van der Waals surface area contributed by atoms with Gasteiger partial charge in [0, 0.05) is 10.4 Å². The molecule has 0 aromatic carbocycles. The summed E-state index contributed by atoms with van der Waals surface area (Å²) in [5, 5.41) is 0. The maximum Gasteiger partial charge on any atom is 2.00 e. The first-order valence-electron chi connectivity index (χ1n) is 0.667. The summed E-state index contributed by atoms with van der Waals surface area (Å²) in [6.45, 7) is 0. The number of hydrogen-bond acceptors (Lipinski definition) is 4. The Hall–Kier alpha value is 2.10. The molecule has 0 aliphatic heterocycles. The van der Waals surface area contributed by atoms with Crippen molar-refractivity contribution in [3.05, 3.63) is 0 Å². The first-order chi connectivity index (χ1) is 2.00. The quantitative estimate of drug-likeness (QED) is 0.283. The van der Waals surface area contributed by atoms with Crippen LogP contribution < -0.4 is 0 Å². The minimum atomic E-state index is -5.17. The predicted octanol–water partition coefficient (Wildman–Crippen LogP) is -2.26. The SMILES string of the molecule is O=S(=O)([O-])[O-].[BaH2].[Pd+2]. The van der Waals surface area contributed by atoms with Crippen molar-refractivity contribution >= 4 is 59.3 Å². The molecule has 0 unspecified atom stereocenters. The molecule has 0 spiro atoms. The third-order valence-electron chi connectivity index (χ3n) is 0. The fourth-order valence-corrected chi connectivity index (χ4v) is 0. The van der Waals surface area contributed by atoms with E-state index in [0.717, 1.165) is 0 Å². The minimum Gasteiger partial charge on any atom is 2.00 e. The topological polar surface area (TPSA) is 80.3 Å². The van der Waals surface area contributed by atoms with Gasteiger partial charge in [-0.25, -0.2) is 0 Å². The van der Waals surface area contributed by atoms with Gasteiger partial charge in [0.2, 0.25) is 0 Å². The average Bonchev–Trinajstić information content (AvgIpc) is 0.722. The van der Waals surface area contributed by atoms with Gasteiger partial charge in [-0.1, -0.05) is 0 Å². The van der Waals surface area contributed by atoms with Crippen LogP contribution in [0.15, 0.2) is 0 Å². The van der Waals surface area contributed by atoms with Crippen molar-refractivity contribution in [1.29, 1.82) is 0 Å². The zero-order valence-corrected chi connectivity index (χ0v) is 4.73. The summed E-state index contributed by atoms with van der Waals surface area (Å²) in [4.78, 5) is 0. The zero-order valence-electron chi connectivity index (χ0n) is 2.36. The van der Waals surface area contributed by atoms with Crippen LogP contribution in [0.25, 0.3) is 0 Å². The van der Waals surface area contributed by atoms with Gasteiger partial charge in [-0.15, -0.1) is 0 Å². The first-order valence-corrected chi connectivity index (χ1v) is 2.00. The molecule has 0 saturated heterocycles. The molecule has 4 nitrogen and oxygen atoms in total. The molecule has 44 valence electrons. The van der Waals surface area contributed by atoms with Crippen LogP contribution in [0, 0.1) is 0 Å². The van der Waals surface area contributed by atoms with Crippen LogP contribution >= 0.6 is 0 Å². The van der Waals surface area contributed by atoms with E-state index in [1.54, 1.807) is 0 Å². The van der Waals surface area contributed by atoms with E-state index in [0.29, 0.717) is 0 Å². The van der Waals surface area contributed by atoms with Crippen LogP contribution in [0.1, 0.15) is 0 Å². The molecule has 0 aromatic heterocycles. The maximum absolute atomic E-state index is 8.52. The molecule has 0 rings (SSSR count). The van der Waals surface area contributed by atoms with Gasteiger partial charge in [0.1, 0.15) is 0 Å². The van der Waals surface area contributed by atoms with Crippen molar-refractivity contribution in [3.8, 4) is 0 Å². The third-order valence-corrected chi connectivity index (χ3v) is 0. The summed E-state index contributed by atoms with van der Waals surface area (Å²) in [5.41, 5.74) is 0. The Morgan fingerprint density at radius 3 is 1.14 bits per heavy atom. The molecule has 0 N–H and O–H groups in total. The van der Waals surface area contributed by atoms with Gasteiger partial charge in [0.15, 0.2) is 0 Å². The molecule has 0 fully saturated rings. The molecular formula is H2BaO4PdS. The molecule has 0 bridgehead atoms.